The third-order valence-electron chi connectivity index (χ3n) is 5.22. The molecule has 7 nitrogen and oxygen atoms in total. The molecule has 0 bridgehead atoms. The largest absolute Gasteiger partial charge is 0.497 e. The molecule has 1 saturated heterocycles. The second-order valence-electron chi connectivity index (χ2n) is 8.97. The first-order valence-electron chi connectivity index (χ1n) is 10.8. The van der Waals surface area contributed by atoms with E-state index in [1.54, 1.807) is 24.1 Å². The average molecular weight is 460 g/mol. The van der Waals surface area contributed by atoms with Gasteiger partial charge in [0, 0.05) is 31.4 Å². The Hall–Kier alpha value is -2.58. The van der Waals surface area contributed by atoms with Crippen LogP contribution < -0.4 is 10.5 Å². The lowest BCUT2D eigenvalue weighted by Gasteiger charge is -2.39. The molecule has 0 aromatic heterocycles. The summed E-state index contributed by atoms with van der Waals surface area (Å²) in [5, 5.41) is 0. The summed E-state index contributed by atoms with van der Waals surface area (Å²) in [6, 6.07) is 14.8. The van der Waals surface area contributed by atoms with Crippen LogP contribution in [0.25, 0.3) is 0 Å². The van der Waals surface area contributed by atoms with Crippen molar-refractivity contribution in [2.75, 3.05) is 25.9 Å². The van der Waals surface area contributed by atoms with Gasteiger partial charge in [0.2, 0.25) is 0 Å². The number of amides is 1. The molecule has 174 valence electrons. The fourth-order valence-corrected chi connectivity index (χ4v) is 5.05. The number of anilines is 1. The zero-order valence-electron chi connectivity index (χ0n) is 19.2. The van der Waals surface area contributed by atoms with Gasteiger partial charge in [-0.05, 0) is 75.6 Å². The fourth-order valence-electron chi connectivity index (χ4n) is 3.70. The highest BCUT2D eigenvalue weighted by atomic mass is 32.2. The Labute approximate surface area is 193 Å². The molecule has 1 aliphatic heterocycles. The molecule has 2 aromatic carbocycles. The number of piperidine rings is 1. The van der Waals surface area contributed by atoms with Gasteiger partial charge in [-0.25, -0.2) is 13.3 Å². The summed E-state index contributed by atoms with van der Waals surface area (Å²) in [6.45, 7) is 7.12. The highest BCUT2D eigenvalue weighted by Crippen LogP contribution is 2.26. The predicted molar refractivity (Wildman–Crippen MR) is 127 cm³/mol. The first-order chi connectivity index (χ1) is 15.2. The number of benzene rings is 2. The van der Waals surface area contributed by atoms with E-state index in [1.165, 1.54) is 0 Å². The van der Waals surface area contributed by atoms with Gasteiger partial charge in [0.15, 0.2) is 0 Å². The summed E-state index contributed by atoms with van der Waals surface area (Å²) in [7, 11) is 0.177. The van der Waals surface area contributed by atoms with Crippen molar-refractivity contribution in [3.8, 4) is 5.75 Å². The van der Waals surface area contributed by atoms with Crippen LogP contribution in [0.3, 0.4) is 0 Å². The molecule has 0 aliphatic carbocycles. The van der Waals surface area contributed by atoms with Crippen molar-refractivity contribution in [3.63, 3.8) is 0 Å². The van der Waals surface area contributed by atoms with Crippen molar-refractivity contribution in [1.29, 1.82) is 0 Å². The maximum atomic E-state index is 13.7. The molecule has 8 heteroatoms. The van der Waals surface area contributed by atoms with E-state index < -0.39 is 16.6 Å². The number of carbonyl (C=O) groups is 1. The van der Waals surface area contributed by atoms with E-state index in [0.717, 1.165) is 18.4 Å². The van der Waals surface area contributed by atoms with Crippen molar-refractivity contribution in [2.24, 2.45) is 0 Å². The van der Waals surface area contributed by atoms with E-state index in [-0.39, 0.29) is 12.1 Å². The Morgan fingerprint density at radius 2 is 1.94 bits per heavy atom. The number of nitrogens with zero attached hydrogens (tertiary/aromatic N) is 2. The molecule has 0 saturated carbocycles. The molecule has 0 radical (unpaired) electrons. The summed E-state index contributed by atoms with van der Waals surface area (Å²) >= 11 is 0. The van der Waals surface area contributed by atoms with Gasteiger partial charge in [-0.2, -0.15) is 0 Å². The van der Waals surface area contributed by atoms with Gasteiger partial charge in [0.05, 0.1) is 12.0 Å². The van der Waals surface area contributed by atoms with Crippen molar-refractivity contribution in [1.82, 2.24) is 9.21 Å². The number of rotatable bonds is 6. The molecule has 3 rings (SSSR count). The van der Waals surface area contributed by atoms with Crippen LogP contribution in [-0.4, -0.2) is 51.3 Å². The van der Waals surface area contributed by atoms with Crippen LogP contribution >= 0.6 is 0 Å². The Balaban J connectivity index is 1.85. The molecule has 1 fully saturated rings. The number of hydrogen-bond acceptors (Lipinski definition) is 5. The second-order valence-corrected chi connectivity index (χ2v) is 10.4. The van der Waals surface area contributed by atoms with Gasteiger partial charge < -0.3 is 20.1 Å². The summed E-state index contributed by atoms with van der Waals surface area (Å²) in [5.74, 6) is 0.710. The standard InChI is InChI=1S/C24H33N3O4S/c1-24(2,3)31-23(28)26-14-6-9-20(17-26)27(16-18-7-5-8-19(25)15-18)32(29)22-12-10-21(30-4)11-13-22/h5,7-8,10-13,15,20H,6,9,14,16-17,25H2,1-4H3. The predicted octanol–water partition coefficient (Wildman–Crippen LogP) is 4.20. The first-order valence-corrected chi connectivity index (χ1v) is 11.9. The lowest BCUT2D eigenvalue weighted by atomic mass is 10.1. The van der Waals surface area contributed by atoms with Gasteiger partial charge in [-0.3, -0.25) is 0 Å². The van der Waals surface area contributed by atoms with Gasteiger partial charge in [0.25, 0.3) is 0 Å². The van der Waals surface area contributed by atoms with Crippen molar-refractivity contribution >= 4 is 22.8 Å². The van der Waals surface area contributed by atoms with Crippen LogP contribution in [0.1, 0.15) is 39.2 Å². The minimum absolute atomic E-state index is 0.0827. The lowest BCUT2D eigenvalue weighted by Crippen LogP contribution is -2.51. The Morgan fingerprint density at radius 3 is 2.56 bits per heavy atom. The first kappa shape index (κ1) is 24.1. The lowest BCUT2D eigenvalue weighted by molar-refractivity contribution is 0.0155. The monoisotopic (exact) mass is 459 g/mol. The van der Waals surface area contributed by atoms with E-state index in [9.17, 15) is 9.00 Å². The smallest absolute Gasteiger partial charge is 0.410 e. The highest BCUT2D eigenvalue weighted by molar-refractivity contribution is 7.82. The van der Waals surface area contributed by atoms with Gasteiger partial charge in [-0.1, -0.05) is 12.1 Å². The molecular formula is C24H33N3O4S. The second kappa shape index (κ2) is 10.4. The van der Waals surface area contributed by atoms with Crippen molar-refractivity contribution < 1.29 is 18.5 Å². The maximum absolute atomic E-state index is 13.7. The molecular weight excluding hydrogens is 426 g/mol. The van der Waals surface area contributed by atoms with E-state index in [0.29, 0.717) is 36.0 Å². The van der Waals surface area contributed by atoms with Crippen LogP contribution in [0.5, 0.6) is 5.75 Å². The summed E-state index contributed by atoms with van der Waals surface area (Å²) in [4.78, 5) is 15.1. The zero-order valence-corrected chi connectivity index (χ0v) is 20.1. The molecule has 0 spiro atoms. The molecule has 1 amide bonds. The normalized spacial score (nSPS) is 17.8. The maximum Gasteiger partial charge on any atom is 0.410 e. The summed E-state index contributed by atoms with van der Waals surface area (Å²) < 4.78 is 26.4. The molecule has 2 unspecified atom stereocenters. The fraction of sp³-hybridized carbons (Fsp3) is 0.458. The average Bonchev–Trinajstić information content (AvgIpc) is 2.76. The number of nitrogen functional groups attached to an aromatic ring is 1. The van der Waals surface area contributed by atoms with E-state index in [2.05, 4.69) is 0 Å². The van der Waals surface area contributed by atoms with E-state index in [4.69, 9.17) is 15.2 Å². The third kappa shape index (κ3) is 6.46. The van der Waals surface area contributed by atoms with E-state index in [1.807, 2.05) is 61.5 Å². The number of carbonyl (C=O) groups excluding carboxylic acids is 1. The van der Waals surface area contributed by atoms with Gasteiger partial charge >= 0.3 is 6.09 Å². The topological polar surface area (TPSA) is 85.1 Å². The molecule has 2 atom stereocenters. The Bertz CT molecular complexity index is 943. The number of hydrogen-bond donors (Lipinski definition) is 1. The minimum Gasteiger partial charge on any atom is -0.497 e. The number of methoxy groups -OCH3 is 1. The molecule has 32 heavy (non-hydrogen) atoms. The number of likely N-dealkylation sites (tertiary alicyclic amines) is 1. The van der Waals surface area contributed by atoms with Gasteiger partial charge in [0.1, 0.15) is 22.3 Å². The minimum atomic E-state index is -1.43. The van der Waals surface area contributed by atoms with Crippen molar-refractivity contribution in [3.05, 3.63) is 54.1 Å². The van der Waals surface area contributed by atoms with Gasteiger partial charge in [-0.15, -0.1) is 0 Å². The SMILES string of the molecule is COc1ccc(S(=O)N(Cc2cccc(N)c2)C2CCCN(C(=O)OC(C)(C)C)C2)cc1. The number of nitrogens with two attached hydrogens (primary N) is 1. The van der Waals surface area contributed by atoms with E-state index >= 15 is 0 Å². The number of ether oxygens (including phenoxy) is 2. The van der Waals surface area contributed by atoms with Crippen LogP contribution in [0.2, 0.25) is 0 Å². The molecule has 1 heterocycles. The summed E-state index contributed by atoms with van der Waals surface area (Å²) in [6.07, 6.45) is 1.32. The van der Waals surface area contributed by atoms with Crippen LogP contribution in [0.4, 0.5) is 10.5 Å². The van der Waals surface area contributed by atoms with Crippen LogP contribution in [0.15, 0.2) is 53.4 Å². The molecule has 2 N–H and O–H groups in total. The van der Waals surface area contributed by atoms with Crippen LogP contribution in [-0.2, 0) is 22.3 Å². The third-order valence-corrected chi connectivity index (χ3v) is 6.75. The van der Waals surface area contributed by atoms with Crippen molar-refractivity contribution in [2.45, 2.75) is 56.7 Å². The molecule has 1 aliphatic rings. The highest BCUT2D eigenvalue weighted by Gasteiger charge is 2.33. The Morgan fingerprint density at radius 1 is 1.22 bits per heavy atom. The Kier molecular flexibility index (Phi) is 7.79. The quantitative estimate of drug-likeness (QED) is 0.655. The molecule has 2 aromatic rings. The van der Waals surface area contributed by atoms with Crippen LogP contribution in [0, 0.1) is 0 Å². The summed E-state index contributed by atoms with van der Waals surface area (Å²) in [5.41, 5.74) is 7.05. The zero-order chi connectivity index (χ0) is 23.3.